The Bertz CT molecular complexity index is 554. The number of benzene rings is 2. The van der Waals surface area contributed by atoms with Crippen LogP contribution in [0.5, 0.6) is 0 Å². The minimum atomic E-state index is -0.501. The SMILES string of the molecule is CN1CCC[C@@]1(c1ccccc1)C(O)c1ccccc1. The zero-order valence-electron chi connectivity index (χ0n) is 11.9. The molecule has 3 rings (SSSR count). The van der Waals surface area contributed by atoms with Crippen molar-refractivity contribution in [3.8, 4) is 0 Å². The minimum absolute atomic E-state index is 0.303. The van der Waals surface area contributed by atoms with Crippen LogP contribution in [-0.2, 0) is 5.54 Å². The molecule has 1 heterocycles. The third kappa shape index (κ3) is 2.05. The van der Waals surface area contributed by atoms with Crippen molar-refractivity contribution in [3.05, 3.63) is 71.8 Å². The van der Waals surface area contributed by atoms with Gasteiger partial charge in [0.2, 0.25) is 0 Å². The molecule has 1 aliphatic rings. The van der Waals surface area contributed by atoms with Crippen molar-refractivity contribution in [2.45, 2.75) is 24.5 Å². The molecule has 0 saturated carbocycles. The van der Waals surface area contributed by atoms with E-state index in [1.165, 1.54) is 5.56 Å². The van der Waals surface area contributed by atoms with Crippen molar-refractivity contribution in [3.63, 3.8) is 0 Å². The number of hydrogen-bond acceptors (Lipinski definition) is 2. The molecule has 2 heteroatoms. The summed E-state index contributed by atoms with van der Waals surface area (Å²) in [6.07, 6.45) is 1.61. The van der Waals surface area contributed by atoms with Crippen LogP contribution in [0.3, 0.4) is 0 Å². The van der Waals surface area contributed by atoms with E-state index >= 15 is 0 Å². The fourth-order valence-electron chi connectivity index (χ4n) is 3.48. The third-order valence-corrected chi connectivity index (χ3v) is 4.57. The molecule has 1 N–H and O–H groups in total. The number of likely N-dealkylation sites (N-methyl/N-ethyl adjacent to an activating group) is 1. The summed E-state index contributed by atoms with van der Waals surface area (Å²) >= 11 is 0. The molecule has 0 radical (unpaired) electrons. The second-order valence-electron chi connectivity index (χ2n) is 5.63. The van der Waals surface area contributed by atoms with Crippen molar-refractivity contribution < 1.29 is 5.11 Å². The van der Waals surface area contributed by atoms with Gasteiger partial charge in [-0.2, -0.15) is 0 Å². The number of aliphatic hydroxyl groups excluding tert-OH is 1. The van der Waals surface area contributed by atoms with E-state index in [4.69, 9.17) is 0 Å². The van der Waals surface area contributed by atoms with Crippen molar-refractivity contribution in [2.24, 2.45) is 0 Å². The van der Waals surface area contributed by atoms with Crippen LogP contribution in [-0.4, -0.2) is 23.6 Å². The number of aliphatic hydroxyl groups is 1. The summed E-state index contributed by atoms with van der Waals surface area (Å²) in [5.41, 5.74) is 1.89. The largest absolute Gasteiger partial charge is 0.386 e. The van der Waals surface area contributed by atoms with Crippen LogP contribution in [0.1, 0.15) is 30.1 Å². The summed E-state index contributed by atoms with van der Waals surface area (Å²) < 4.78 is 0. The average Bonchev–Trinajstić information content (AvgIpc) is 2.91. The standard InChI is InChI=1S/C18H21NO/c1-19-14-8-13-18(19,16-11-6-3-7-12-16)17(20)15-9-4-2-5-10-15/h2-7,9-12,17,20H,8,13-14H2,1H3/t17?,18-/m1/s1. The molecule has 0 bridgehead atoms. The van der Waals surface area contributed by atoms with Gasteiger partial charge in [0.05, 0.1) is 5.54 Å². The summed E-state index contributed by atoms with van der Waals surface area (Å²) in [5, 5.41) is 11.1. The Morgan fingerprint density at radius 3 is 2.15 bits per heavy atom. The van der Waals surface area contributed by atoms with E-state index in [1.54, 1.807) is 0 Å². The molecule has 0 aromatic heterocycles. The lowest BCUT2D eigenvalue weighted by atomic mass is 9.79. The molecule has 0 spiro atoms. The first-order valence-electron chi connectivity index (χ1n) is 7.25. The lowest BCUT2D eigenvalue weighted by Gasteiger charge is -2.41. The molecular weight excluding hydrogens is 246 g/mol. The van der Waals surface area contributed by atoms with Crippen LogP contribution in [0.25, 0.3) is 0 Å². The molecule has 2 aromatic rings. The predicted molar refractivity (Wildman–Crippen MR) is 81.4 cm³/mol. The molecule has 104 valence electrons. The molecule has 2 aromatic carbocycles. The number of nitrogens with zero attached hydrogens (tertiary/aromatic N) is 1. The van der Waals surface area contributed by atoms with Crippen molar-refractivity contribution in [1.82, 2.24) is 4.90 Å². The van der Waals surface area contributed by atoms with E-state index < -0.39 is 6.10 Å². The van der Waals surface area contributed by atoms with Gasteiger partial charge >= 0.3 is 0 Å². The molecule has 20 heavy (non-hydrogen) atoms. The molecule has 1 saturated heterocycles. The molecule has 1 fully saturated rings. The zero-order valence-corrected chi connectivity index (χ0v) is 11.9. The van der Waals surface area contributed by atoms with Gasteiger partial charge in [-0.05, 0) is 37.6 Å². The molecule has 0 amide bonds. The first-order valence-corrected chi connectivity index (χ1v) is 7.25. The Kier molecular flexibility index (Phi) is 3.60. The highest BCUT2D eigenvalue weighted by Crippen LogP contribution is 2.46. The summed E-state index contributed by atoms with van der Waals surface area (Å²) in [7, 11) is 2.12. The van der Waals surface area contributed by atoms with E-state index in [0.29, 0.717) is 0 Å². The van der Waals surface area contributed by atoms with E-state index in [0.717, 1.165) is 24.9 Å². The molecular formula is C18H21NO. The fourth-order valence-corrected chi connectivity index (χ4v) is 3.48. The van der Waals surface area contributed by atoms with Crippen LogP contribution in [0.2, 0.25) is 0 Å². The van der Waals surface area contributed by atoms with Crippen LogP contribution in [0.4, 0.5) is 0 Å². The third-order valence-electron chi connectivity index (χ3n) is 4.57. The first-order chi connectivity index (χ1) is 9.75. The van der Waals surface area contributed by atoms with Crippen LogP contribution >= 0.6 is 0 Å². The van der Waals surface area contributed by atoms with Gasteiger partial charge in [0.15, 0.2) is 0 Å². The first kappa shape index (κ1) is 13.3. The second kappa shape index (κ2) is 5.39. The smallest absolute Gasteiger partial charge is 0.101 e. The number of likely N-dealkylation sites (tertiary alicyclic amines) is 1. The molecule has 2 nitrogen and oxygen atoms in total. The Hall–Kier alpha value is -1.64. The van der Waals surface area contributed by atoms with Crippen LogP contribution in [0.15, 0.2) is 60.7 Å². The zero-order chi connectivity index (χ0) is 14.0. The van der Waals surface area contributed by atoms with Crippen LogP contribution in [0, 0.1) is 0 Å². The van der Waals surface area contributed by atoms with E-state index in [1.807, 2.05) is 36.4 Å². The summed E-state index contributed by atoms with van der Waals surface area (Å²) in [4.78, 5) is 2.31. The van der Waals surface area contributed by atoms with Gasteiger partial charge in [0.1, 0.15) is 6.10 Å². The van der Waals surface area contributed by atoms with Crippen molar-refractivity contribution in [2.75, 3.05) is 13.6 Å². The molecule has 1 unspecified atom stereocenters. The van der Waals surface area contributed by atoms with Gasteiger partial charge in [-0.25, -0.2) is 0 Å². The van der Waals surface area contributed by atoms with Gasteiger partial charge in [-0.3, -0.25) is 4.90 Å². The van der Waals surface area contributed by atoms with Gasteiger partial charge in [-0.15, -0.1) is 0 Å². The normalized spacial score (nSPS) is 24.7. The Balaban J connectivity index is 2.08. The highest BCUT2D eigenvalue weighted by atomic mass is 16.3. The highest BCUT2D eigenvalue weighted by molar-refractivity contribution is 5.32. The highest BCUT2D eigenvalue weighted by Gasteiger charge is 2.46. The van der Waals surface area contributed by atoms with E-state index in [2.05, 4.69) is 36.2 Å². The summed E-state index contributed by atoms with van der Waals surface area (Å²) in [6.45, 7) is 1.03. The number of hydrogen-bond donors (Lipinski definition) is 1. The fraction of sp³-hybridized carbons (Fsp3) is 0.333. The molecule has 1 aliphatic heterocycles. The summed E-state index contributed by atoms with van der Waals surface area (Å²) in [6, 6.07) is 20.4. The van der Waals surface area contributed by atoms with E-state index in [-0.39, 0.29) is 5.54 Å². The summed E-state index contributed by atoms with van der Waals surface area (Å²) in [5.74, 6) is 0. The van der Waals surface area contributed by atoms with Gasteiger partial charge in [0.25, 0.3) is 0 Å². The van der Waals surface area contributed by atoms with Crippen LogP contribution < -0.4 is 0 Å². The molecule has 0 aliphatic carbocycles. The monoisotopic (exact) mass is 267 g/mol. The maximum atomic E-state index is 11.1. The average molecular weight is 267 g/mol. The topological polar surface area (TPSA) is 23.5 Å². The second-order valence-corrected chi connectivity index (χ2v) is 5.63. The Labute approximate surface area is 120 Å². The van der Waals surface area contributed by atoms with Gasteiger partial charge in [0, 0.05) is 0 Å². The number of rotatable bonds is 3. The van der Waals surface area contributed by atoms with Gasteiger partial charge < -0.3 is 5.11 Å². The van der Waals surface area contributed by atoms with Crippen molar-refractivity contribution in [1.29, 1.82) is 0 Å². The van der Waals surface area contributed by atoms with Gasteiger partial charge in [-0.1, -0.05) is 60.7 Å². The Morgan fingerprint density at radius 1 is 1.00 bits per heavy atom. The molecule has 2 atom stereocenters. The minimum Gasteiger partial charge on any atom is -0.386 e. The predicted octanol–water partition coefficient (Wildman–Crippen LogP) is 3.34. The Morgan fingerprint density at radius 2 is 1.60 bits per heavy atom. The lowest BCUT2D eigenvalue weighted by molar-refractivity contribution is -0.000705. The maximum Gasteiger partial charge on any atom is 0.101 e. The van der Waals surface area contributed by atoms with Crippen molar-refractivity contribution >= 4 is 0 Å². The lowest BCUT2D eigenvalue weighted by Crippen LogP contribution is -2.44. The maximum absolute atomic E-state index is 11.1. The quantitative estimate of drug-likeness (QED) is 0.922. The van der Waals surface area contributed by atoms with E-state index in [9.17, 15) is 5.11 Å².